The number of amides is 1. The Hall–Kier alpha value is -2.87. The van der Waals surface area contributed by atoms with Gasteiger partial charge >= 0.3 is 0 Å². The number of nitrogens with zero attached hydrogens (tertiary/aromatic N) is 2. The number of H-pyrrole nitrogens is 1. The Morgan fingerprint density at radius 3 is 2.64 bits per heavy atom. The minimum Gasteiger partial charge on any atom is -0.345 e. The molecule has 1 aromatic carbocycles. The number of hydrogen-bond donors (Lipinski definition) is 2. The number of thiazole rings is 1. The normalized spacial score (nSPS) is 12.0. The van der Waals surface area contributed by atoms with Crippen LogP contribution in [-0.2, 0) is 0 Å². The molecule has 0 aliphatic carbocycles. The second-order valence-corrected chi connectivity index (χ2v) is 6.54. The summed E-state index contributed by atoms with van der Waals surface area (Å²) in [5.74, 6) is -0.583. The van der Waals surface area contributed by atoms with Crippen molar-refractivity contribution >= 4 is 17.2 Å². The predicted molar refractivity (Wildman–Crippen MR) is 93.0 cm³/mol. The molecule has 0 saturated carbocycles. The third-order valence-corrected chi connectivity index (χ3v) is 4.40. The van der Waals surface area contributed by atoms with Crippen molar-refractivity contribution in [3.63, 3.8) is 0 Å². The molecule has 2 aromatic heterocycles. The van der Waals surface area contributed by atoms with Gasteiger partial charge in [-0.15, -0.1) is 11.3 Å². The van der Waals surface area contributed by atoms with Gasteiger partial charge in [-0.1, -0.05) is 12.1 Å². The molecule has 3 rings (SSSR count). The van der Waals surface area contributed by atoms with Gasteiger partial charge in [-0.05, 0) is 31.5 Å². The van der Waals surface area contributed by atoms with Crippen molar-refractivity contribution in [2.45, 2.75) is 19.9 Å². The summed E-state index contributed by atoms with van der Waals surface area (Å²) in [5, 5.41) is 5.34. The van der Waals surface area contributed by atoms with E-state index in [2.05, 4.69) is 20.3 Å². The SMILES string of the molecule is Cc1nc(-c2ncc(C(=O)N[C@@H](C)c3ccc(F)cc3)c(=O)[nH]2)cs1. The van der Waals surface area contributed by atoms with Crippen LogP contribution in [0.25, 0.3) is 11.5 Å². The first-order valence-electron chi connectivity index (χ1n) is 7.52. The lowest BCUT2D eigenvalue weighted by atomic mass is 10.1. The van der Waals surface area contributed by atoms with Crippen LogP contribution in [0.2, 0.25) is 0 Å². The Kier molecular flexibility index (Phi) is 4.71. The molecule has 1 atom stereocenters. The van der Waals surface area contributed by atoms with Crippen LogP contribution in [0.4, 0.5) is 4.39 Å². The monoisotopic (exact) mass is 358 g/mol. The number of hydrogen-bond acceptors (Lipinski definition) is 5. The van der Waals surface area contributed by atoms with E-state index in [0.29, 0.717) is 11.5 Å². The van der Waals surface area contributed by atoms with Crippen LogP contribution >= 0.6 is 11.3 Å². The summed E-state index contributed by atoms with van der Waals surface area (Å²) in [6, 6.07) is 5.41. The van der Waals surface area contributed by atoms with Crippen molar-refractivity contribution in [1.29, 1.82) is 0 Å². The molecule has 2 N–H and O–H groups in total. The van der Waals surface area contributed by atoms with E-state index in [1.807, 2.05) is 6.92 Å². The van der Waals surface area contributed by atoms with E-state index in [-0.39, 0.29) is 17.4 Å². The lowest BCUT2D eigenvalue weighted by Crippen LogP contribution is -2.32. The van der Waals surface area contributed by atoms with Crippen LogP contribution in [0, 0.1) is 12.7 Å². The highest BCUT2D eigenvalue weighted by atomic mass is 32.1. The van der Waals surface area contributed by atoms with Gasteiger partial charge in [0, 0.05) is 11.6 Å². The molecule has 25 heavy (non-hydrogen) atoms. The molecule has 128 valence electrons. The van der Waals surface area contributed by atoms with E-state index in [4.69, 9.17) is 0 Å². The summed E-state index contributed by atoms with van der Waals surface area (Å²) >= 11 is 1.44. The highest BCUT2D eigenvalue weighted by Crippen LogP contribution is 2.17. The van der Waals surface area contributed by atoms with Crippen molar-refractivity contribution in [2.24, 2.45) is 0 Å². The summed E-state index contributed by atoms with van der Waals surface area (Å²) in [6.45, 7) is 3.60. The summed E-state index contributed by atoms with van der Waals surface area (Å²) < 4.78 is 13.0. The van der Waals surface area contributed by atoms with Gasteiger partial charge in [0.25, 0.3) is 11.5 Å². The Balaban J connectivity index is 1.78. The number of rotatable bonds is 4. The maximum atomic E-state index is 13.0. The van der Waals surface area contributed by atoms with E-state index in [0.717, 1.165) is 10.6 Å². The first kappa shape index (κ1) is 17.0. The summed E-state index contributed by atoms with van der Waals surface area (Å²) in [7, 11) is 0. The van der Waals surface area contributed by atoms with Crippen LogP contribution in [0.5, 0.6) is 0 Å². The molecule has 0 bridgehead atoms. The number of aromatic amines is 1. The van der Waals surface area contributed by atoms with E-state index >= 15 is 0 Å². The lowest BCUT2D eigenvalue weighted by molar-refractivity contribution is 0.0938. The van der Waals surface area contributed by atoms with Gasteiger partial charge in [0.2, 0.25) is 0 Å². The Morgan fingerprint density at radius 2 is 2.04 bits per heavy atom. The molecule has 1 amide bonds. The maximum Gasteiger partial charge on any atom is 0.264 e. The minimum absolute atomic E-state index is 0.0929. The molecule has 3 aromatic rings. The second kappa shape index (κ2) is 6.94. The van der Waals surface area contributed by atoms with Crippen LogP contribution in [0.15, 0.2) is 40.6 Å². The summed E-state index contributed by atoms with van der Waals surface area (Å²) in [5.41, 5.74) is 0.657. The number of carbonyl (C=O) groups is 1. The largest absolute Gasteiger partial charge is 0.345 e. The Labute approximate surface area is 146 Å². The molecular weight excluding hydrogens is 343 g/mol. The summed E-state index contributed by atoms with van der Waals surface area (Å²) in [4.78, 5) is 35.4. The Bertz CT molecular complexity index is 965. The zero-order chi connectivity index (χ0) is 18.0. The van der Waals surface area contributed by atoms with Gasteiger partial charge in [-0.2, -0.15) is 0 Å². The molecule has 0 radical (unpaired) electrons. The van der Waals surface area contributed by atoms with E-state index < -0.39 is 11.5 Å². The average Bonchev–Trinajstić information content (AvgIpc) is 3.01. The van der Waals surface area contributed by atoms with Crippen molar-refractivity contribution in [3.8, 4) is 11.5 Å². The zero-order valence-corrected chi connectivity index (χ0v) is 14.4. The number of aryl methyl sites for hydroxylation is 1. The molecule has 0 aliphatic heterocycles. The van der Waals surface area contributed by atoms with Crippen molar-refractivity contribution in [1.82, 2.24) is 20.3 Å². The number of carbonyl (C=O) groups excluding carboxylic acids is 1. The van der Waals surface area contributed by atoms with Gasteiger partial charge < -0.3 is 10.3 Å². The fourth-order valence-electron chi connectivity index (χ4n) is 2.27. The smallest absolute Gasteiger partial charge is 0.264 e. The van der Waals surface area contributed by atoms with E-state index in [1.54, 1.807) is 24.4 Å². The predicted octanol–water partition coefficient (Wildman–Crippen LogP) is 2.83. The standard InChI is InChI=1S/C17H15FN4O2S/c1-9(11-3-5-12(18)6-4-11)20-16(23)13-7-19-15(22-17(13)24)14-8-25-10(2)21-14/h3-9H,1-2H3,(H,20,23)(H,19,22,24)/t9-/m0/s1. The van der Waals surface area contributed by atoms with Crippen molar-refractivity contribution in [2.75, 3.05) is 0 Å². The lowest BCUT2D eigenvalue weighted by Gasteiger charge is -2.14. The van der Waals surface area contributed by atoms with E-state index in [9.17, 15) is 14.0 Å². The van der Waals surface area contributed by atoms with E-state index in [1.165, 1.54) is 29.7 Å². The average molecular weight is 358 g/mol. The maximum absolute atomic E-state index is 13.0. The molecule has 0 fully saturated rings. The van der Waals surface area contributed by atoms with Crippen LogP contribution in [0.3, 0.4) is 0 Å². The summed E-state index contributed by atoms with van der Waals surface area (Å²) in [6.07, 6.45) is 1.23. The van der Waals surface area contributed by atoms with Gasteiger partial charge in [0.1, 0.15) is 17.1 Å². The fourth-order valence-corrected chi connectivity index (χ4v) is 2.87. The second-order valence-electron chi connectivity index (χ2n) is 5.47. The molecule has 2 heterocycles. The van der Waals surface area contributed by atoms with Crippen molar-refractivity contribution in [3.05, 3.63) is 68.1 Å². The molecule has 8 heteroatoms. The topological polar surface area (TPSA) is 87.7 Å². The van der Waals surface area contributed by atoms with Crippen molar-refractivity contribution < 1.29 is 9.18 Å². The molecule has 6 nitrogen and oxygen atoms in total. The molecular formula is C17H15FN4O2S. The highest BCUT2D eigenvalue weighted by molar-refractivity contribution is 7.09. The van der Waals surface area contributed by atoms with Gasteiger partial charge in [-0.25, -0.2) is 14.4 Å². The van der Waals surface area contributed by atoms with Gasteiger partial charge in [-0.3, -0.25) is 9.59 Å². The van der Waals surface area contributed by atoms with Crippen LogP contribution < -0.4 is 10.9 Å². The molecule has 0 saturated heterocycles. The van der Waals surface area contributed by atoms with Crippen LogP contribution in [-0.4, -0.2) is 20.9 Å². The molecule has 0 spiro atoms. The quantitative estimate of drug-likeness (QED) is 0.751. The third kappa shape index (κ3) is 3.80. The highest BCUT2D eigenvalue weighted by Gasteiger charge is 2.16. The van der Waals surface area contributed by atoms with Crippen LogP contribution in [0.1, 0.15) is 33.9 Å². The number of benzene rings is 1. The number of halogens is 1. The number of aromatic nitrogens is 3. The Morgan fingerprint density at radius 1 is 1.32 bits per heavy atom. The van der Waals surface area contributed by atoms with Gasteiger partial charge in [0.15, 0.2) is 5.82 Å². The minimum atomic E-state index is -0.549. The fraction of sp³-hybridized carbons (Fsp3) is 0.176. The first-order valence-corrected chi connectivity index (χ1v) is 8.40. The first-order chi connectivity index (χ1) is 11.9. The number of nitrogens with one attached hydrogen (secondary N) is 2. The third-order valence-electron chi connectivity index (χ3n) is 3.62. The van der Waals surface area contributed by atoms with Gasteiger partial charge in [0.05, 0.1) is 11.0 Å². The molecule has 0 unspecified atom stereocenters. The molecule has 0 aliphatic rings. The zero-order valence-electron chi connectivity index (χ0n) is 13.5.